The highest BCUT2D eigenvalue weighted by molar-refractivity contribution is 6.62. The topological polar surface area (TPSA) is 34.6 Å². The van der Waals surface area contributed by atoms with Crippen molar-refractivity contribution in [2.24, 2.45) is 0 Å². The molecular weight excluding hydrogens is 263 g/mol. The third-order valence-electron chi connectivity index (χ3n) is 5.21. The Kier molecular flexibility index (Phi) is 3.63. The summed E-state index contributed by atoms with van der Waals surface area (Å²) in [6.07, 6.45) is 6.29. The van der Waals surface area contributed by atoms with Crippen molar-refractivity contribution in [3.63, 3.8) is 0 Å². The molecule has 1 atom stereocenters. The third-order valence-corrected chi connectivity index (χ3v) is 5.21. The fourth-order valence-corrected chi connectivity index (χ4v) is 3.10. The Hall–Kier alpha value is -0.905. The first-order valence-corrected chi connectivity index (χ1v) is 7.81. The minimum Gasteiger partial charge on any atom is -0.399 e. The molecule has 1 unspecified atom stereocenters. The van der Waals surface area contributed by atoms with Crippen molar-refractivity contribution in [2.75, 3.05) is 13.6 Å². The predicted octanol–water partition coefficient (Wildman–Crippen LogP) is 2.15. The first-order valence-electron chi connectivity index (χ1n) is 7.81. The van der Waals surface area contributed by atoms with Gasteiger partial charge in [-0.2, -0.15) is 0 Å². The van der Waals surface area contributed by atoms with Gasteiger partial charge in [0.1, 0.15) is 0 Å². The summed E-state index contributed by atoms with van der Waals surface area (Å²) >= 11 is 0. The van der Waals surface area contributed by atoms with Gasteiger partial charge >= 0.3 is 7.12 Å². The normalized spacial score (nSPS) is 28.2. The minimum absolute atomic E-state index is 0.308. The number of pyridine rings is 1. The van der Waals surface area contributed by atoms with Gasteiger partial charge in [0.25, 0.3) is 0 Å². The molecule has 0 bridgehead atoms. The maximum absolute atomic E-state index is 6.12. The van der Waals surface area contributed by atoms with E-state index in [1.807, 2.05) is 12.4 Å². The molecule has 21 heavy (non-hydrogen) atoms. The van der Waals surface area contributed by atoms with Crippen LogP contribution in [0.3, 0.4) is 0 Å². The lowest BCUT2D eigenvalue weighted by Crippen LogP contribution is -2.41. The summed E-state index contributed by atoms with van der Waals surface area (Å²) in [5.74, 6) is 0. The van der Waals surface area contributed by atoms with E-state index in [1.54, 1.807) is 0 Å². The van der Waals surface area contributed by atoms with Crippen LogP contribution in [0, 0.1) is 0 Å². The van der Waals surface area contributed by atoms with Crippen LogP contribution in [0.25, 0.3) is 0 Å². The van der Waals surface area contributed by atoms with E-state index < -0.39 is 0 Å². The summed E-state index contributed by atoms with van der Waals surface area (Å²) in [6.45, 7) is 9.47. The van der Waals surface area contributed by atoms with Crippen LogP contribution in [-0.2, 0) is 9.31 Å². The molecule has 2 aliphatic rings. The van der Waals surface area contributed by atoms with Gasteiger partial charge in [-0.1, -0.05) is 6.07 Å². The van der Waals surface area contributed by atoms with E-state index >= 15 is 0 Å². The van der Waals surface area contributed by atoms with Gasteiger partial charge in [0.15, 0.2) is 0 Å². The Morgan fingerprint density at radius 1 is 1.19 bits per heavy atom. The highest BCUT2D eigenvalue weighted by Crippen LogP contribution is 2.36. The van der Waals surface area contributed by atoms with Crippen molar-refractivity contribution in [1.29, 1.82) is 0 Å². The monoisotopic (exact) mass is 288 g/mol. The van der Waals surface area contributed by atoms with Crippen LogP contribution in [0.1, 0.15) is 52.1 Å². The first-order chi connectivity index (χ1) is 9.80. The van der Waals surface area contributed by atoms with Crippen molar-refractivity contribution in [3.8, 4) is 0 Å². The number of hydrogen-bond acceptors (Lipinski definition) is 4. The number of aromatic nitrogens is 1. The van der Waals surface area contributed by atoms with Gasteiger partial charge in [0, 0.05) is 23.9 Å². The summed E-state index contributed by atoms with van der Waals surface area (Å²) in [5, 5.41) is 0. The standard InChI is InChI=1S/C16H25BN2O2/c1-15(2)16(3,4)21-17(20-15)13-9-12(10-18-11-13)14-7-6-8-19(14)5/h9-11,14H,6-8H2,1-5H3. The lowest BCUT2D eigenvalue weighted by molar-refractivity contribution is 0.00578. The van der Waals surface area contributed by atoms with Crippen LogP contribution >= 0.6 is 0 Å². The van der Waals surface area contributed by atoms with Crippen molar-refractivity contribution in [1.82, 2.24) is 9.88 Å². The third kappa shape index (κ3) is 2.63. The zero-order valence-electron chi connectivity index (χ0n) is 13.7. The molecule has 3 heterocycles. The maximum Gasteiger partial charge on any atom is 0.496 e. The Labute approximate surface area is 128 Å². The van der Waals surface area contributed by atoms with Crippen molar-refractivity contribution < 1.29 is 9.31 Å². The SMILES string of the molecule is CN1CCCC1c1cncc(B2OC(C)(C)C(C)(C)O2)c1. The largest absolute Gasteiger partial charge is 0.496 e. The van der Waals surface area contributed by atoms with Crippen LogP contribution < -0.4 is 5.46 Å². The summed E-state index contributed by atoms with van der Waals surface area (Å²) in [6, 6.07) is 2.67. The predicted molar refractivity (Wildman–Crippen MR) is 84.6 cm³/mol. The van der Waals surface area contributed by atoms with E-state index in [0.717, 1.165) is 12.0 Å². The molecule has 0 spiro atoms. The van der Waals surface area contributed by atoms with Crippen molar-refractivity contribution >= 4 is 12.6 Å². The lowest BCUT2D eigenvalue weighted by atomic mass is 9.79. The van der Waals surface area contributed by atoms with Gasteiger partial charge < -0.3 is 9.31 Å². The molecule has 3 rings (SSSR count). The van der Waals surface area contributed by atoms with Gasteiger partial charge in [0.05, 0.1) is 11.2 Å². The minimum atomic E-state index is -0.325. The molecule has 1 aromatic heterocycles. The summed E-state index contributed by atoms with van der Waals surface area (Å²) in [4.78, 5) is 6.81. The van der Waals surface area contributed by atoms with Gasteiger partial charge in [-0.25, -0.2) is 0 Å². The van der Waals surface area contributed by atoms with E-state index in [1.165, 1.54) is 18.4 Å². The summed E-state index contributed by atoms with van der Waals surface area (Å²) in [5.41, 5.74) is 1.67. The molecule has 0 radical (unpaired) electrons. The Morgan fingerprint density at radius 2 is 1.86 bits per heavy atom. The van der Waals surface area contributed by atoms with E-state index in [-0.39, 0.29) is 18.3 Å². The van der Waals surface area contributed by atoms with Crippen molar-refractivity contribution in [3.05, 3.63) is 24.0 Å². The van der Waals surface area contributed by atoms with Crippen LogP contribution in [0.15, 0.2) is 18.5 Å². The van der Waals surface area contributed by atoms with E-state index in [4.69, 9.17) is 9.31 Å². The lowest BCUT2D eigenvalue weighted by Gasteiger charge is -2.32. The van der Waals surface area contributed by atoms with E-state index in [2.05, 4.69) is 50.7 Å². The molecule has 2 fully saturated rings. The molecular formula is C16H25BN2O2. The summed E-state index contributed by atoms with van der Waals surface area (Å²) in [7, 11) is 1.85. The van der Waals surface area contributed by atoms with Gasteiger partial charge in [0.2, 0.25) is 0 Å². The Bertz CT molecular complexity index is 517. The molecule has 0 amide bonds. The average molecular weight is 288 g/mol. The molecule has 114 valence electrons. The second kappa shape index (κ2) is 5.08. The van der Waals surface area contributed by atoms with Crippen molar-refractivity contribution in [2.45, 2.75) is 57.8 Å². The number of rotatable bonds is 2. The molecule has 2 aliphatic heterocycles. The van der Waals surface area contributed by atoms with Gasteiger partial charge in [-0.15, -0.1) is 0 Å². The fourth-order valence-electron chi connectivity index (χ4n) is 3.10. The van der Waals surface area contributed by atoms with Gasteiger partial charge in [-0.05, 0) is 59.7 Å². The molecule has 2 saturated heterocycles. The van der Waals surface area contributed by atoms with Crippen LogP contribution in [0.5, 0.6) is 0 Å². The number of likely N-dealkylation sites (tertiary alicyclic amines) is 1. The number of hydrogen-bond donors (Lipinski definition) is 0. The van der Waals surface area contributed by atoms with Crippen LogP contribution in [0.2, 0.25) is 0 Å². The molecule has 0 saturated carbocycles. The first kappa shape index (κ1) is 15.0. The average Bonchev–Trinajstić information content (AvgIpc) is 2.92. The number of nitrogens with zero attached hydrogens (tertiary/aromatic N) is 2. The maximum atomic E-state index is 6.12. The zero-order valence-corrected chi connectivity index (χ0v) is 13.7. The molecule has 5 heteroatoms. The molecule has 0 aliphatic carbocycles. The zero-order chi connectivity index (χ0) is 15.3. The Morgan fingerprint density at radius 3 is 2.43 bits per heavy atom. The second-order valence-corrected chi connectivity index (χ2v) is 7.28. The molecule has 4 nitrogen and oxygen atoms in total. The highest BCUT2D eigenvalue weighted by Gasteiger charge is 2.51. The highest BCUT2D eigenvalue weighted by atomic mass is 16.7. The second-order valence-electron chi connectivity index (χ2n) is 7.28. The van der Waals surface area contributed by atoms with E-state index in [9.17, 15) is 0 Å². The smallest absolute Gasteiger partial charge is 0.399 e. The molecule has 0 N–H and O–H groups in total. The molecule has 0 aromatic carbocycles. The quantitative estimate of drug-likeness (QED) is 0.781. The van der Waals surface area contributed by atoms with Crippen LogP contribution in [0.4, 0.5) is 0 Å². The van der Waals surface area contributed by atoms with E-state index in [0.29, 0.717) is 6.04 Å². The molecule has 1 aromatic rings. The van der Waals surface area contributed by atoms with Crippen LogP contribution in [-0.4, -0.2) is 41.8 Å². The van der Waals surface area contributed by atoms with Gasteiger partial charge in [-0.3, -0.25) is 9.88 Å². The Balaban J connectivity index is 1.84. The summed E-state index contributed by atoms with van der Waals surface area (Å²) < 4.78 is 12.2. The fraction of sp³-hybridized carbons (Fsp3) is 0.688.